The molecule has 1 heterocycles. The van der Waals surface area contributed by atoms with E-state index in [-0.39, 0.29) is 31.2 Å². The Hall–Kier alpha value is -3.26. The highest BCUT2D eigenvalue weighted by molar-refractivity contribution is 5.96. The molecular weight excluding hydrogens is 382 g/mol. The molecule has 0 saturated heterocycles. The molecule has 0 aliphatic carbocycles. The number of anilines is 1. The van der Waals surface area contributed by atoms with Crippen LogP contribution in [0.4, 0.5) is 19.3 Å². The minimum atomic E-state index is -0.610. The number of urea groups is 1. The summed E-state index contributed by atoms with van der Waals surface area (Å²) in [6, 6.07) is 7.00. The van der Waals surface area contributed by atoms with Gasteiger partial charge in [0.15, 0.2) is 17.3 Å². The number of aliphatic hydroxyl groups is 1. The second-order valence-electron chi connectivity index (χ2n) is 6.56. The van der Waals surface area contributed by atoms with Crippen molar-refractivity contribution in [2.75, 3.05) is 18.5 Å². The second kappa shape index (κ2) is 8.83. The molecule has 152 valence electrons. The summed E-state index contributed by atoms with van der Waals surface area (Å²) in [5.41, 5.74) is 1.41. The summed E-state index contributed by atoms with van der Waals surface area (Å²) >= 11 is 0. The summed E-state index contributed by atoms with van der Waals surface area (Å²) in [5, 5.41) is 11.5. The smallest absolute Gasteiger partial charge is 0.326 e. The number of halogens is 2. The molecule has 8 heteroatoms. The summed E-state index contributed by atoms with van der Waals surface area (Å²) in [6.45, 7) is 1.26. The number of aryl methyl sites for hydroxylation is 1. The molecule has 1 atom stereocenters. The second-order valence-corrected chi connectivity index (χ2v) is 6.56. The van der Waals surface area contributed by atoms with Gasteiger partial charge >= 0.3 is 6.03 Å². The molecule has 0 aromatic heterocycles. The summed E-state index contributed by atoms with van der Waals surface area (Å²) in [5.74, 6) is -1.28. The lowest BCUT2D eigenvalue weighted by molar-refractivity contribution is -0.116. The first-order valence-electron chi connectivity index (χ1n) is 8.98. The van der Waals surface area contributed by atoms with Crippen LogP contribution in [0, 0.1) is 18.6 Å². The van der Waals surface area contributed by atoms with E-state index in [1.54, 1.807) is 6.92 Å². The van der Waals surface area contributed by atoms with E-state index in [9.17, 15) is 18.4 Å². The molecular formula is C21H20F2N2O4. The Kier molecular flexibility index (Phi) is 6.23. The SMILES string of the molecule is Cc1cc(F)c(OCCO)cc1NC(=O)N1C=CC(=O)CC1c1ccc(F)cc1. The van der Waals surface area contributed by atoms with Gasteiger partial charge in [0.1, 0.15) is 12.4 Å². The summed E-state index contributed by atoms with van der Waals surface area (Å²) < 4.78 is 32.4. The normalized spacial score (nSPS) is 16.1. The van der Waals surface area contributed by atoms with Crippen molar-refractivity contribution < 1.29 is 28.2 Å². The van der Waals surface area contributed by atoms with Crippen LogP contribution in [-0.4, -0.2) is 35.0 Å². The minimum absolute atomic E-state index is 0.0583. The van der Waals surface area contributed by atoms with Gasteiger partial charge in [-0.05, 0) is 42.3 Å². The maximum absolute atomic E-state index is 14.0. The highest BCUT2D eigenvalue weighted by Crippen LogP contribution is 2.31. The largest absolute Gasteiger partial charge is 0.488 e. The Balaban J connectivity index is 1.85. The zero-order valence-electron chi connectivity index (χ0n) is 15.7. The number of ketones is 1. The van der Waals surface area contributed by atoms with Crippen LogP contribution in [0.3, 0.4) is 0 Å². The summed E-state index contributed by atoms with van der Waals surface area (Å²) in [6.07, 6.45) is 2.73. The van der Waals surface area contributed by atoms with Crippen molar-refractivity contribution in [3.05, 3.63) is 71.4 Å². The number of nitrogens with zero attached hydrogens (tertiary/aromatic N) is 1. The van der Waals surface area contributed by atoms with Crippen molar-refractivity contribution in [3.63, 3.8) is 0 Å². The molecule has 2 amide bonds. The molecule has 1 aliphatic heterocycles. The molecule has 29 heavy (non-hydrogen) atoms. The molecule has 0 spiro atoms. The molecule has 0 radical (unpaired) electrons. The van der Waals surface area contributed by atoms with E-state index in [1.807, 2.05) is 0 Å². The zero-order chi connectivity index (χ0) is 21.0. The lowest BCUT2D eigenvalue weighted by Gasteiger charge is -2.31. The highest BCUT2D eigenvalue weighted by Gasteiger charge is 2.29. The molecule has 0 bridgehead atoms. The molecule has 6 nitrogen and oxygen atoms in total. The van der Waals surface area contributed by atoms with E-state index in [1.165, 1.54) is 53.6 Å². The highest BCUT2D eigenvalue weighted by atomic mass is 19.1. The summed E-state index contributed by atoms with van der Waals surface area (Å²) in [7, 11) is 0. The van der Waals surface area contributed by atoms with Crippen LogP contribution >= 0.6 is 0 Å². The van der Waals surface area contributed by atoms with Crippen LogP contribution in [0.25, 0.3) is 0 Å². The molecule has 0 saturated carbocycles. The Morgan fingerprint density at radius 1 is 1.28 bits per heavy atom. The fourth-order valence-corrected chi connectivity index (χ4v) is 3.03. The van der Waals surface area contributed by atoms with E-state index >= 15 is 0 Å². The molecule has 2 aromatic carbocycles. The lowest BCUT2D eigenvalue weighted by Crippen LogP contribution is -2.37. The Labute approximate surface area is 166 Å². The summed E-state index contributed by atoms with van der Waals surface area (Å²) in [4.78, 5) is 26.1. The first-order valence-corrected chi connectivity index (χ1v) is 8.98. The van der Waals surface area contributed by atoms with Gasteiger partial charge in [-0.1, -0.05) is 12.1 Å². The lowest BCUT2D eigenvalue weighted by atomic mass is 9.97. The van der Waals surface area contributed by atoms with Crippen LogP contribution in [0.2, 0.25) is 0 Å². The number of allylic oxidation sites excluding steroid dienone is 1. The predicted octanol–water partition coefficient (Wildman–Crippen LogP) is 3.71. The number of aliphatic hydroxyl groups excluding tert-OH is 1. The number of benzene rings is 2. The quantitative estimate of drug-likeness (QED) is 0.799. The molecule has 0 fully saturated rings. The van der Waals surface area contributed by atoms with Gasteiger partial charge < -0.3 is 15.2 Å². The minimum Gasteiger partial charge on any atom is -0.488 e. The van der Waals surface area contributed by atoms with Gasteiger partial charge in [0.2, 0.25) is 0 Å². The number of ether oxygens (including phenoxy) is 1. The fraction of sp³-hybridized carbons (Fsp3) is 0.238. The molecule has 2 aromatic rings. The van der Waals surface area contributed by atoms with Gasteiger partial charge in [0.25, 0.3) is 0 Å². The van der Waals surface area contributed by atoms with E-state index in [0.717, 1.165) is 0 Å². The van der Waals surface area contributed by atoms with Crippen LogP contribution in [0.15, 0.2) is 48.7 Å². The zero-order valence-corrected chi connectivity index (χ0v) is 15.7. The van der Waals surface area contributed by atoms with E-state index in [0.29, 0.717) is 16.8 Å². The Morgan fingerprint density at radius 3 is 2.69 bits per heavy atom. The van der Waals surface area contributed by atoms with Gasteiger partial charge in [0.05, 0.1) is 12.6 Å². The van der Waals surface area contributed by atoms with E-state index in [4.69, 9.17) is 9.84 Å². The van der Waals surface area contributed by atoms with Gasteiger partial charge in [-0.25, -0.2) is 13.6 Å². The van der Waals surface area contributed by atoms with Gasteiger partial charge in [0, 0.05) is 24.4 Å². The number of hydrogen-bond acceptors (Lipinski definition) is 4. The molecule has 1 aliphatic rings. The van der Waals surface area contributed by atoms with Crippen molar-refractivity contribution >= 4 is 17.5 Å². The standard InChI is InChI=1S/C21H20F2N2O4/c1-13-10-17(23)20(29-9-8-26)12-18(13)24-21(28)25-7-6-16(27)11-19(25)14-2-4-15(22)5-3-14/h2-7,10,12,19,26H,8-9,11H2,1H3,(H,24,28). The number of carbonyl (C=O) groups excluding carboxylic acids is 2. The van der Waals surface area contributed by atoms with Crippen molar-refractivity contribution in [2.24, 2.45) is 0 Å². The maximum Gasteiger partial charge on any atom is 0.326 e. The third kappa shape index (κ3) is 4.78. The third-order valence-electron chi connectivity index (χ3n) is 4.51. The van der Waals surface area contributed by atoms with Gasteiger partial charge in [-0.2, -0.15) is 0 Å². The number of nitrogens with one attached hydrogen (secondary N) is 1. The topological polar surface area (TPSA) is 78.9 Å². The monoisotopic (exact) mass is 402 g/mol. The Bertz CT molecular complexity index is 944. The third-order valence-corrected chi connectivity index (χ3v) is 4.51. The number of hydrogen-bond donors (Lipinski definition) is 2. The number of rotatable bonds is 5. The van der Waals surface area contributed by atoms with E-state index in [2.05, 4.69) is 5.32 Å². The molecule has 3 rings (SSSR count). The Morgan fingerprint density at radius 2 is 2.00 bits per heavy atom. The number of carbonyl (C=O) groups is 2. The van der Waals surface area contributed by atoms with Crippen molar-refractivity contribution in [3.8, 4) is 5.75 Å². The fourth-order valence-electron chi connectivity index (χ4n) is 3.03. The van der Waals surface area contributed by atoms with Gasteiger partial charge in [-0.3, -0.25) is 9.69 Å². The van der Waals surface area contributed by atoms with Gasteiger partial charge in [-0.15, -0.1) is 0 Å². The average molecular weight is 402 g/mol. The number of amides is 2. The van der Waals surface area contributed by atoms with Crippen molar-refractivity contribution in [1.82, 2.24) is 4.90 Å². The molecule has 1 unspecified atom stereocenters. The van der Waals surface area contributed by atoms with Crippen LogP contribution in [0.1, 0.15) is 23.6 Å². The van der Waals surface area contributed by atoms with Crippen LogP contribution in [0.5, 0.6) is 5.75 Å². The van der Waals surface area contributed by atoms with Crippen molar-refractivity contribution in [1.29, 1.82) is 0 Å². The maximum atomic E-state index is 14.0. The molecule has 2 N–H and O–H groups in total. The average Bonchev–Trinajstić information content (AvgIpc) is 2.69. The van der Waals surface area contributed by atoms with Crippen molar-refractivity contribution in [2.45, 2.75) is 19.4 Å². The van der Waals surface area contributed by atoms with E-state index < -0.39 is 23.7 Å². The predicted molar refractivity (Wildman–Crippen MR) is 102 cm³/mol. The van der Waals surface area contributed by atoms with Crippen LogP contribution < -0.4 is 10.1 Å². The van der Waals surface area contributed by atoms with Crippen LogP contribution in [-0.2, 0) is 4.79 Å². The first-order chi connectivity index (χ1) is 13.9. The first kappa shape index (κ1) is 20.5.